The SMILES string of the molecule is CCCS(=O)(=O)Nc1cccc(C(=O)N(C)CC(C)C)c1. The Kier molecular flexibility index (Phi) is 6.20. The van der Waals surface area contributed by atoms with E-state index in [0.717, 1.165) is 0 Å². The second-order valence-electron chi connectivity index (χ2n) is 5.58. The molecule has 0 heterocycles. The molecule has 0 aliphatic carbocycles. The highest BCUT2D eigenvalue weighted by molar-refractivity contribution is 7.92. The molecule has 0 aliphatic rings. The number of nitrogens with one attached hydrogen (secondary N) is 1. The third-order valence-electron chi connectivity index (χ3n) is 2.84. The molecule has 0 aliphatic heterocycles. The molecule has 1 N–H and O–H groups in total. The van der Waals surface area contributed by atoms with Crippen LogP contribution in [0.4, 0.5) is 5.69 Å². The van der Waals surface area contributed by atoms with Crippen LogP contribution < -0.4 is 4.72 Å². The van der Waals surface area contributed by atoms with E-state index in [-0.39, 0.29) is 11.7 Å². The third-order valence-corrected chi connectivity index (χ3v) is 4.33. The largest absolute Gasteiger partial charge is 0.341 e. The number of sulfonamides is 1. The van der Waals surface area contributed by atoms with Crippen molar-refractivity contribution in [3.8, 4) is 0 Å². The summed E-state index contributed by atoms with van der Waals surface area (Å²) in [5.41, 5.74) is 0.905. The monoisotopic (exact) mass is 312 g/mol. The zero-order chi connectivity index (χ0) is 16.0. The molecule has 1 amide bonds. The summed E-state index contributed by atoms with van der Waals surface area (Å²) in [6.45, 7) is 6.54. The first kappa shape index (κ1) is 17.5. The minimum atomic E-state index is -3.34. The average molecular weight is 312 g/mol. The molecule has 21 heavy (non-hydrogen) atoms. The summed E-state index contributed by atoms with van der Waals surface area (Å²) in [4.78, 5) is 13.9. The van der Waals surface area contributed by atoms with Gasteiger partial charge in [-0.2, -0.15) is 0 Å². The molecule has 0 fully saturated rings. The van der Waals surface area contributed by atoms with E-state index in [0.29, 0.717) is 30.1 Å². The third kappa shape index (κ3) is 5.75. The van der Waals surface area contributed by atoms with Gasteiger partial charge in [0.25, 0.3) is 5.91 Å². The number of carbonyl (C=O) groups is 1. The number of anilines is 1. The Bertz CT molecular complexity index is 582. The molecular formula is C15H24N2O3S. The van der Waals surface area contributed by atoms with Crippen LogP contribution in [0.3, 0.4) is 0 Å². The standard InChI is InChI=1S/C15H24N2O3S/c1-5-9-21(19,20)16-14-8-6-7-13(10-14)15(18)17(4)11-12(2)3/h6-8,10,12,16H,5,9,11H2,1-4H3. The van der Waals surface area contributed by atoms with Gasteiger partial charge in [0.05, 0.1) is 5.75 Å². The molecule has 1 aromatic rings. The molecular weight excluding hydrogens is 288 g/mol. The number of hydrogen-bond acceptors (Lipinski definition) is 3. The maximum absolute atomic E-state index is 12.3. The first-order valence-electron chi connectivity index (χ1n) is 7.11. The van der Waals surface area contributed by atoms with Crippen LogP contribution in [0.1, 0.15) is 37.6 Å². The van der Waals surface area contributed by atoms with Crippen molar-refractivity contribution in [3.63, 3.8) is 0 Å². The van der Waals surface area contributed by atoms with Gasteiger partial charge in [0, 0.05) is 24.8 Å². The van der Waals surface area contributed by atoms with Gasteiger partial charge in [0.15, 0.2) is 0 Å². The van der Waals surface area contributed by atoms with Crippen LogP contribution in [-0.4, -0.2) is 38.6 Å². The fraction of sp³-hybridized carbons (Fsp3) is 0.533. The molecule has 1 rings (SSSR count). The zero-order valence-electron chi connectivity index (χ0n) is 13.1. The van der Waals surface area contributed by atoms with Gasteiger partial charge in [0.2, 0.25) is 10.0 Å². The van der Waals surface area contributed by atoms with Crippen LogP contribution in [0.15, 0.2) is 24.3 Å². The van der Waals surface area contributed by atoms with Crippen molar-refractivity contribution in [1.29, 1.82) is 0 Å². The number of carbonyl (C=O) groups excluding carboxylic acids is 1. The highest BCUT2D eigenvalue weighted by Crippen LogP contribution is 2.15. The van der Waals surface area contributed by atoms with Crippen LogP contribution in [0.25, 0.3) is 0 Å². The summed E-state index contributed by atoms with van der Waals surface area (Å²) in [7, 11) is -1.60. The summed E-state index contributed by atoms with van der Waals surface area (Å²) < 4.78 is 26.0. The molecule has 0 bridgehead atoms. The quantitative estimate of drug-likeness (QED) is 0.841. The molecule has 0 aromatic heterocycles. The van der Waals surface area contributed by atoms with Crippen molar-refractivity contribution in [2.24, 2.45) is 5.92 Å². The maximum Gasteiger partial charge on any atom is 0.253 e. The Morgan fingerprint density at radius 3 is 2.57 bits per heavy atom. The van der Waals surface area contributed by atoms with Crippen LogP contribution in [0.5, 0.6) is 0 Å². The Morgan fingerprint density at radius 1 is 1.33 bits per heavy atom. The van der Waals surface area contributed by atoms with Crippen molar-refractivity contribution in [2.45, 2.75) is 27.2 Å². The lowest BCUT2D eigenvalue weighted by Gasteiger charge is -2.19. The second kappa shape index (κ2) is 7.45. The zero-order valence-corrected chi connectivity index (χ0v) is 13.9. The number of rotatable bonds is 7. The van der Waals surface area contributed by atoms with E-state index in [1.54, 1.807) is 43.1 Å². The summed E-state index contributed by atoms with van der Waals surface area (Å²) in [6.07, 6.45) is 0.547. The minimum absolute atomic E-state index is 0.0679. The lowest BCUT2D eigenvalue weighted by Crippen LogP contribution is -2.30. The molecule has 0 saturated carbocycles. The van der Waals surface area contributed by atoms with Crippen molar-refractivity contribution in [1.82, 2.24) is 4.90 Å². The van der Waals surface area contributed by atoms with Crippen molar-refractivity contribution in [3.05, 3.63) is 29.8 Å². The van der Waals surface area contributed by atoms with Gasteiger partial charge in [-0.25, -0.2) is 8.42 Å². The molecule has 0 saturated heterocycles. The summed E-state index contributed by atoms with van der Waals surface area (Å²) in [5.74, 6) is 0.337. The number of amides is 1. The molecule has 0 spiro atoms. The predicted octanol–water partition coefficient (Wildman–Crippen LogP) is 2.57. The minimum Gasteiger partial charge on any atom is -0.341 e. The fourth-order valence-corrected chi connectivity index (χ4v) is 3.19. The fourth-order valence-electron chi connectivity index (χ4n) is 2.07. The second-order valence-corrected chi connectivity index (χ2v) is 7.42. The molecule has 1 aromatic carbocycles. The number of nitrogens with zero attached hydrogens (tertiary/aromatic N) is 1. The van der Waals surface area contributed by atoms with Crippen molar-refractivity contribution < 1.29 is 13.2 Å². The van der Waals surface area contributed by atoms with Crippen molar-refractivity contribution in [2.75, 3.05) is 24.1 Å². The smallest absolute Gasteiger partial charge is 0.253 e. The Balaban J connectivity index is 2.88. The van der Waals surface area contributed by atoms with Crippen LogP contribution in [0, 0.1) is 5.92 Å². The van der Waals surface area contributed by atoms with Gasteiger partial charge in [-0.1, -0.05) is 26.8 Å². The first-order chi connectivity index (χ1) is 9.75. The van der Waals surface area contributed by atoms with E-state index >= 15 is 0 Å². The molecule has 6 heteroatoms. The number of benzene rings is 1. The molecule has 0 unspecified atom stereocenters. The van der Waals surface area contributed by atoms with E-state index in [9.17, 15) is 13.2 Å². The summed E-state index contributed by atoms with van der Waals surface area (Å²) in [5, 5.41) is 0. The summed E-state index contributed by atoms with van der Waals surface area (Å²) >= 11 is 0. The molecule has 0 atom stereocenters. The number of hydrogen-bond donors (Lipinski definition) is 1. The van der Waals surface area contributed by atoms with Gasteiger partial charge in [-0.15, -0.1) is 0 Å². The van der Waals surface area contributed by atoms with Crippen LogP contribution in [-0.2, 0) is 10.0 Å². The first-order valence-corrected chi connectivity index (χ1v) is 8.76. The molecule has 5 nitrogen and oxygen atoms in total. The average Bonchev–Trinajstić information content (AvgIpc) is 2.36. The molecule has 118 valence electrons. The van der Waals surface area contributed by atoms with Gasteiger partial charge >= 0.3 is 0 Å². The lowest BCUT2D eigenvalue weighted by atomic mass is 10.1. The van der Waals surface area contributed by atoms with Crippen LogP contribution in [0.2, 0.25) is 0 Å². The summed E-state index contributed by atoms with van der Waals surface area (Å²) in [6, 6.07) is 6.59. The Labute approximate surface area is 127 Å². The Morgan fingerprint density at radius 2 is 2.00 bits per heavy atom. The Hall–Kier alpha value is -1.56. The van der Waals surface area contributed by atoms with Gasteiger partial charge < -0.3 is 4.90 Å². The normalized spacial score (nSPS) is 11.5. The predicted molar refractivity (Wildman–Crippen MR) is 85.9 cm³/mol. The van der Waals surface area contributed by atoms with E-state index in [2.05, 4.69) is 4.72 Å². The van der Waals surface area contributed by atoms with Gasteiger partial charge in [-0.05, 0) is 30.5 Å². The van der Waals surface area contributed by atoms with Crippen molar-refractivity contribution >= 4 is 21.6 Å². The topological polar surface area (TPSA) is 66.5 Å². The van der Waals surface area contributed by atoms with Gasteiger partial charge in [-0.3, -0.25) is 9.52 Å². The highest BCUT2D eigenvalue weighted by atomic mass is 32.2. The lowest BCUT2D eigenvalue weighted by molar-refractivity contribution is 0.0779. The van der Waals surface area contributed by atoms with Crippen LogP contribution >= 0.6 is 0 Å². The maximum atomic E-state index is 12.3. The van der Waals surface area contributed by atoms with E-state index in [4.69, 9.17) is 0 Å². The highest BCUT2D eigenvalue weighted by Gasteiger charge is 2.14. The van der Waals surface area contributed by atoms with E-state index in [1.807, 2.05) is 13.8 Å². The van der Waals surface area contributed by atoms with E-state index in [1.165, 1.54) is 0 Å². The van der Waals surface area contributed by atoms with E-state index < -0.39 is 10.0 Å². The van der Waals surface area contributed by atoms with Gasteiger partial charge in [0.1, 0.15) is 0 Å². The molecule has 0 radical (unpaired) electrons.